The molecule has 0 spiro atoms. The summed E-state index contributed by atoms with van der Waals surface area (Å²) < 4.78 is 1.86. The molecule has 1 aromatic rings. The first kappa shape index (κ1) is 9.84. The Morgan fingerprint density at radius 1 is 1.18 bits per heavy atom. The van der Waals surface area contributed by atoms with Crippen LogP contribution in [0.4, 0.5) is 0 Å². The van der Waals surface area contributed by atoms with Gasteiger partial charge in [-0.2, -0.15) is 0 Å². The molecule has 4 nitrogen and oxygen atoms in total. The van der Waals surface area contributed by atoms with Crippen molar-refractivity contribution >= 4 is 11.0 Å². The van der Waals surface area contributed by atoms with E-state index in [1.54, 1.807) is 18.2 Å². The first-order valence-corrected chi connectivity index (χ1v) is 5.26. The average Bonchev–Trinajstić information content (AvgIpc) is 2.32. The smallest absolute Gasteiger partial charge is 0.206 e. The minimum Gasteiger partial charge on any atom is -0.506 e. The molecule has 0 unspecified atom stereocenters. The van der Waals surface area contributed by atoms with Gasteiger partial charge in [-0.15, -0.1) is 0 Å². The quantitative estimate of drug-likeness (QED) is 0.594. The minimum atomic E-state index is -0.136. The van der Waals surface area contributed by atoms with Gasteiger partial charge in [0, 0.05) is 7.05 Å². The second kappa shape index (κ2) is 3.31. The van der Waals surface area contributed by atoms with E-state index in [4.69, 9.17) is 0 Å². The number of aromatic nitrogens is 2. The lowest BCUT2D eigenvalue weighted by molar-refractivity contribution is 0.480. The third-order valence-corrected chi connectivity index (χ3v) is 2.92. The Kier molecular flexibility index (Phi) is 1.92. The van der Waals surface area contributed by atoms with E-state index in [0.29, 0.717) is 11.2 Å². The van der Waals surface area contributed by atoms with Crippen LogP contribution < -0.4 is 5.43 Å². The number of nitrogens with zero attached hydrogens (tertiary/aromatic N) is 2. The lowest BCUT2D eigenvalue weighted by Gasteiger charge is -2.13. The van der Waals surface area contributed by atoms with Crippen LogP contribution in [0, 0.1) is 0 Å². The van der Waals surface area contributed by atoms with Crippen molar-refractivity contribution in [2.75, 3.05) is 0 Å². The molecule has 0 radical (unpaired) electrons. The van der Waals surface area contributed by atoms with E-state index >= 15 is 0 Å². The molecule has 1 aromatic carbocycles. The van der Waals surface area contributed by atoms with Crippen LogP contribution in [0.3, 0.4) is 0 Å². The van der Waals surface area contributed by atoms with Crippen molar-refractivity contribution in [2.45, 2.75) is 0 Å². The number of hydrogen-bond acceptors (Lipinski definition) is 3. The number of aryl methyl sites for hydroxylation is 1. The molecule has 1 heterocycles. The summed E-state index contributed by atoms with van der Waals surface area (Å²) in [4.78, 5) is 16.0. The number of aromatic hydroxyl groups is 1. The van der Waals surface area contributed by atoms with Crippen molar-refractivity contribution in [1.82, 2.24) is 9.55 Å². The fourth-order valence-electron chi connectivity index (χ4n) is 2.04. The Labute approximate surface area is 97.1 Å². The van der Waals surface area contributed by atoms with E-state index < -0.39 is 0 Å². The molecule has 0 fully saturated rings. The van der Waals surface area contributed by atoms with Crippen molar-refractivity contribution < 1.29 is 5.11 Å². The van der Waals surface area contributed by atoms with Gasteiger partial charge >= 0.3 is 0 Å². The number of phenolic OH excluding ortho intramolecular Hbond substituents is 1. The van der Waals surface area contributed by atoms with E-state index in [-0.39, 0.29) is 11.2 Å². The van der Waals surface area contributed by atoms with Crippen LogP contribution in [-0.4, -0.2) is 14.7 Å². The summed E-state index contributed by atoms with van der Waals surface area (Å²) in [5.74, 6) is 0.0863. The van der Waals surface area contributed by atoms with Crippen LogP contribution in [0.5, 0.6) is 5.75 Å². The standard InChI is InChI=1S/C13H10N2O2/c1-15-8-4-2-6-10(16)12(8)14-13-9(15)5-3-7-11(13)17/h2-7,16H,1H3. The maximum absolute atomic E-state index is 11.7. The van der Waals surface area contributed by atoms with Crippen LogP contribution >= 0.6 is 0 Å². The van der Waals surface area contributed by atoms with Crippen LogP contribution in [-0.2, 0) is 7.05 Å². The predicted molar refractivity (Wildman–Crippen MR) is 65.3 cm³/mol. The summed E-state index contributed by atoms with van der Waals surface area (Å²) >= 11 is 0. The van der Waals surface area contributed by atoms with E-state index in [1.165, 1.54) is 6.07 Å². The molecule has 0 amide bonds. The van der Waals surface area contributed by atoms with Gasteiger partial charge in [-0.1, -0.05) is 12.1 Å². The summed E-state index contributed by atoms with van der Waals surface area (Å²) in [6.07, 6.45) is 0. The molecule has 2 aliphatic rings. The number of fused-ring (bicyclic) bond motifs is 2. The van der Waals surface area contributed by atoms with Crippen molar-refractivity contribution in [3.05, 3.63) is 46.6 Å². The Morgan fingerprint density at radius 3 is 2.76 bits per heavy atom. The molecule has 84 valence electrons. The molecule has 0 atom stereocenters. The van der Waals surface area contributed by atoms with Gasteiger partial charge in [-0.3, -0.25) is 4.79 Å². The summed E-state index contributed by atoms with van der Waals surface area (Å²) in [7, 11) is 1.85. The molecule has 0 aromatic heterocycles. The molecular weight excluding hydrogens is 216 g/mol. The molecule has 3 rings (SSSR count). The zero-order valence-electron chi connectivity index (χ0n) is 9.21. The van der Waals surface area contributed by atoms with Crippen molar-refractivity contribution in [3.8, 4) is 17.1 Å². The maximum atomic E-state index is 11.7. The van der Waals surface area contributed by atoms with Gasteiger partial charge in [0.05, 0.1) is 11.2 Å². The highest BCUT2D eigenvalue weighted by molar-refractivity contribution is 5.85. The van der Waals surface area contributed by atoms with Gasteiger partial charge < -0.3 is 9.67 Å². The monoisotopic (exact) mass is 226 g/mol. The highest BCUT2D eigenvalue weighted by atomic mass is 16.3. The lowest BCUT2D eigenvalue weighted by atomic mass is 10.1. The number of benzene rings is 2. The molecule has 1 N–H and O–H groups in total. The third-order valence-electron chi connectivity index (χ3n) is 2.92. The molecule has 17 heavy (non-hydrogen) atoms. The molecular formula is C13H10N2O2. The fourth-order valence-corrected chi connectivity index (χ4v) is 2.04. The molecule has 0 bridgehead atoms. The van der Waals surface area contributed by atoms with E-state index in [9.17, 15) is 9.90 Å². The second-order valence-electron chi connectivity index (χ2n) is 3.94. The summed E-state index contributed by atoms with van der Waals surface area (Å²) in [6.45, 7) is 0. The summed E-state index contributed by atoms with van der Waals surface area (Å²) in [5.41, 5.74) is 2.25. The number of para-hydroxylation sites is 2. The minimum absolute atomic E-state index is 0.0863. The number of rotatable bonds is 0. The van der Waals surface area contributed by atoms with Crippen molar-refractivity contribution in [3.63, 3.8) is 0 Å². The first-order chi connectivity index (χ1) is 8.18. The fraction of sp³-hybridized carbons (Fsp3) is 0.0769. The van der Waals surface area contributed by atoms with Gasteiger partial charge in [-0.05, 0) is 24.3 Å². The third kappa shape index (κ3) is 1.30. The van der Waals surface area contributed by atoms with E-state index in [0.717, 1.165) is 11.2 Å². The number of phenols is 1. The van der Waals surface area contributed by atoms with E-state index in [2.05, 4.69) is 4.98 Å². The Morgan fingerprint density at radius 2 is 1.94 bits per heavy atom. The topological polar surface area (TPSA) is 55.1 Å². The van der Waals surface area contributed by atoms with Crippen molar-refractivity contribution in [2.24, 2.45) is 7.05 Å². The van der Waals surface area contributed by atoms with Crippen molar-refractivity contribution in [1.29, 1.82) is 0 Å². The van der Waals surface area contributed by atoms with Crippen LogP contribution in [0.1, 0.15) is 0 Å². The molecule has 0 saturated carbocycles. The highest BCUT2D eigenvalue weighted by Crippen LogP contribution is 2.26. The van der Waals surface area contributed by atoms with Gasteiger partial charge in [0.1, 0.15) is 17.0 Å². The largest absolute Gasteiger partial charge is 0.506 e. The zero-order valence-corrected chi connectivity index (χ0v) is 9.21. The van der Waals surface area contributed by atoms with Crippen LogP contribution in [0.15, 0.2) is 41.2 Å². The van der Waals surface area contributed by atoms with Crippen LogP contribution in [0.2, 0.25) is 0 Å². The second-order valence-corrected chi connectivity index (χ2v) is 3.94. The maximum Gasteiger partial charge on any atom is 0.206 e. The Balaban J connectivity index is 2.63. The summed E-state index contributed by atoms with van der Waals surface area (Å²) in [5, 5.41) is 9.77. The normalized spacial score (nSPS) is 11.1. The SMILES string of the molecule is Cn1c2cccc(=O)c-2nc2c(O)cccc21. The van der Waals surface area contributed by atoms with Gasteiger partial charge in [0.25, 0.3) is 0 Å². The Hall–Kier alpha value is -2.36. The molecule has 1 aliphatic heterocycles. The Bertz CT molecular complexity index is 746. The van der Waals surface area contributed by atoms with E-state index in [1.807, 2.05) is 23.7 Å². The first-order valence-electron chi connectivity index (χ1n) is 5.26. The predicted octanol–water partition coefficient (Wildman–Crippen LogP) is 1.74. The highest BCUT2D eigenvalue weighted by Gasteiger charge is 2.13. The molecule has 1 aliphatic carbocycles. The average molecular weight is 226 g/mol. The van der Waals surface area contributed by atoms with Gasteiger partial charge in [0.15, 0.2) is 0 Å². The van der Waals surface area contributed by atoms with Gasteiger partial charge in [0.2, 0.25) is 5.43 Å². The van der Waals surface area contributed by atoms with Crippen LogP contribution in [0.25, 0.3) is 22.4 Å². The lowest BCUT2D eigenvalue weighted by Crippen LogP contribution is -2.12. The zero-order chi connectivity index (χ0) is 12.0. The molecule has 0 saturated heterocycles. The summed E-state index contributed by atoms with van der Waals surface area (Å²) in [6, 6.07) is 10.2. The molecule has 4 heteroatoms. The number of hydrogen-bond donors (Lipinski definition) is 1. The van der Waals surface area contributed by atoms with Gasteiger partial charge in [-0.25, -0.2) is 4.98 Å².